The highest BCUT2D eigenvalue weighted by Crippen LogP contribution is 2.23. The van der Waals surface area contributed by atoms with Gasteiger partial charge in [0.25, 0.3) is 0 Å². The lowest BCUT2D eigenvalue weighted by Gasteiger charge is -2.30. The molecule has 0 aromatic carbocycles. The topological polar surface area (TPSA) is 52.5 Å². The number of nitrogens with one attached hydrogen (secondary N) is 1. The first kappa shape index (κ1) is 9.96. The Morgan fingerprint density at radius 1 is 1.17 bits per heavy atom. The van der Waals surface area contributed by atoms with Gasteiger partial charge in [-0.3, -0.25) is 0 Å². The minimum Gasteiger partial charge on any atom is -0.396 e. The molecule has 0 amide bonds. The Hall–Kier alpha value is -0.120. The highest BCUT2D eigenvalue weighted by atomic mass is 16.3. The number of hydrogen-bond donors (Lipinski definition) is 3. The first-order valence-electron chi connectivity index (χ1n) is 4.83. The van der Waals surface area contributed by atoms with Crippen molar-refractivity contribution in [1.82, 2.24) is 5.32 Å². The van der Waals surface area contributed by atoms with Gasteiger partial charge >= 0.3 is 0 Å². The third kappa shape index (κ3) is 2.73. The van der Waals surface area contributed by atoms with E-state index in [1.807, 2.05) is 0 Å². The molecule has 1 fully saturated rings. The molecule has 3 heteroatoms. The van der Waals surface area contributed by atoms with Crippen LogP contribution in [-0.2, 0) is 0 Å². The zero-order valence-electron chi connectivity index (χ0n) is 7.50. The van der Waals surface area contributed by atoms with E-state index in [4.69, 9.17) is 10.2 Å². The third-order valence-corrected chi connectivity index (χ3v) is 2.66. The fraction of sp³-hybridized carbons (Fsp3) is 1.00. The van der Waals surface area contributed by atoms with E-state index in [2.05, 4.69) is 5.32 Å². The van der Waals surface area contributed by atoms with Crippen molar-refractivity contribution in [2.45, 2.75) is 31.7 Å². The lowest BCUT2D eigenvalue weighted by Crippen LogP contribution is -2.41. The van der Waals surface area contributed by atoms with E-state index >= 15 is 0 Å². The summed E-state index contributed by atoms with van der Waals surface area (Å²) in [4.78, 5) is 0. The number of hydrogen-bond acceptors (Lipinski definition) is 3. The zero-order chi connectivity index (χ0) is 8.81. The van der Waals surface area contributed by atoms with Crippen LogP contribution in [0.4, 0.5) is 0 Å². The van der Waals surface area contributed by atoms with Crippen molar-refractivity contribution in [3.8, 4) is 0 Å². The molecule has 0 spiro atoms. The SMILES string of the molecule is OCCN[C@H]1CCCC[C@@H]1CO. The molecule has 0 aromatic heterocycles. The lowest BCUT2D eigenvalue weighted by molar-refractivity contribution is 0.148. The summed E-state index contributed by atoms with van der Waals surface area (Å²) in [7, 11) is 0. The molecule has 3 nitrogen and oxygen atoms in total. The fourth-order valence-electron chi connectivity index (χ4n) is 1.94. The molecule has 0 unspecified atom stereocenters. The predicted octanol–water partition coefficient (Wildman–Crippen LogP) is 0.119. The van der Waals surface area contributed by atoms with Crippen LogP contribution in [0.2, 0.25) is 0 Å². The van der Waals surface area contributed by atoms with Gasteiger partial charge < -0.3 is 15.5 Å². The Morgan fingerprint density at radius 3 is 2.58 bits per heavy atom. The Bertz CT molecular complexity index is 119. The minimum absolute atomic E-state index is 0.189. The molecule has 0 aliphatic heterocycles. The first-order valence-corrected chi connectivity index (χ1v) is 4.83. The van der Waals surface area contributed by atoms with E-state index in [1.54, 1.807) is 0 Å². The molecule has 72 valence electrons. The molecule has 12 heavy (non-hydrogen) atoms. The molecule has 0 saturated heterocycles. The molecule has 0 aromatic rings. The lowest BCUT2D eigenvalue weighted by atomic mass is 9.85. The van der Waals surface area contributed by atoms with Crippen LogP contribution in [0.15, 0.2) is 0 Å². The van der Waals surface area contributed by atoms with E-state index in [-0.39, 0.29) is 13.2 Å². The number of rotatable bonds is 4. The van der Waals surface area contributed by atoms with E-state index in [0.717, 1.165) is 12.8 Å². The van der Waals surface area contributed by atoms with Crippen molar-refractivity contribution in [1.29, 1.82) is 0 Å². The number of aliphatic hydroxyl groups excluding tert-OH is 2. The van der Waals surface area contributed by atoms with Gasteiger partial charge in [-0.2, -0.15) is 0 Å². The van der Waals surface area contributed by atoms with Gasteiger partial charge in [0.15, 0.2) is 0 Å². The van der Waals surface area contributed by atoms with Crippen molar-refractivity contribution >= 4 is 0 Å². The summed E-state index contributed by atoms with van der Waals surface area (Å²) in [5.41, 5.74) is 0. The Balaban J connectivity index is 2.26. The fourth-order valence-corrected chi connectivity index (χ4v) is 1.94. The van der Waals surface area contributed by atoms with E-state index in [9.17, 15) is 0 Å². The summed E-state index contributed by atoms with van der Waals surface area (Å²) in [6.45, 7) is 1.12. The summed E-state index contributed by atoms with van der Waals surface area (Å²) in [6, 6.07) is 0.427. The van der Waals surface area contributed by atoms with Crippen LogP contribution in [-0.4, -0.2) is 36.0 Å². The van der Waals surface area contributed by atoms with Gasteiger partial charge in [-0.05, 0) is 18.8 Å². The molecule has 0 heterocycles. The van der Waals surface area contributed by atoms with E-state index in [1.165, 1.54) is 12.8 Å². The van der Waals surface area contributed by atoms with Gasteiger partial charge in [-0.25, -0.2) is 0 Å². The van der Waals surface area contributed by atoms with Crippen molar-refractivity contribution in [2.75, 3.05) is 19.8 Å². The van der Waals surface area contributed by atoms with Crippen molar-refractivity contribution in [3.63, 3.8) is 0 Å². The van der Waals surface area contributed by atoms with E-state index in [0.29, 0.717) is 18.5 Å². The second kappa shape index (κ2) is 5.51. The summed E-state index contributed by atoms with van der Waals surface area (Å²) in [5.74, 6) is 0.408. The Kier molecular flexibility index (Phi) is 4.58. The average molecular weight is 173 g/mol. The summed E-state index contributed by atoms with van der Waals surface area (Å²) < 4.78 is 0. The van der Waals surface area contributed by atoms with Gasteiger partial charge in [-0.15, -0.1) is 0 Å². The van der Waals surface area contributed by atoms with Crippen LogP contribution in [0.25, 0.3) is 0 Å². The largest absolute Gasteiger partial charge is 0.396 e. The summed E-state index contributed by atoms with van der Waals surface area (Å²) in [6.07, 6.45) is 4.76. The second-order valence-corrected chi connectivity index (χ2v) is 3.51. The molecule has 0 radical (unpaired) electrons. The molecule has 1 aliphatic rings. The molecule has 3 N–H and O–H groups in total. The van der Waals surface area contributed by atoms with Crippen molar-refractivity contribution in [2.24, 2.45) is 5.92 Å². The summed E-state index contributed by atoms with van der Waals surface area (Å²) >= 11 is 0. The zero-order valence-corrected chi connectivity index (χ0v) is 7.50. The normalized spacial score (nSPS) is 30.5. The van der Waals surface area contributed by atoms with Gasteiger partial charge in [0.1, 0.15) is 0 Å². The molecular weight excluding hydrogens is 154 g/mol. The summed E-state index contributed by atoms with van der Waals surface area (Å²) in [5, 5.41) is 21.0. The number of aliphatic hydroxyl groups is 2. The van der Waals surface area contributed by atoms with Gasteiger partial charge in [0.2, 0.25) is 0 Å². The molecule has 0 bridgehead atoms. The minimum atomic E-state index is 0.189. The smallest absolute Gasteiger partial charge is 0.0556 e. The molecule has 1 aliphatic carbocycles. The van der Waals surface area contributed by atoms with Crippen LogP contribution in [0.5, 0.6) is 0 Å². The third-order valence-electron chi connectivity index (χ3n) is 2.66. The van der Waals surface area contributed by atoms with Crippen LogP contribution in [0.3, 0.4) is 0 Å². The maximum Gasteiger partial charge on any atom is 0.0556 e. The van der Waals surface area contributed by atoms with Crippen molar-refractivity contribution < 1.29 is 10.2 Å². The van der Waals surface area contributed by atoms with Gasteiger partial charge in [-0.1, -0.05) is 12.8 Å². The van der Waals surface area contributed by atoms with Crippen LogP contribution in [0.1, 0.15) is 25.7 Å². The standard InChI is InChI=1S/C9H19NO2/c11-6-5-10-9-4-2-1-3-8(9)7-12/h8-12H,1-7H2/t8-,9+/m1/s1. The van der Waals surface area contributed by atoms with Crippen LogP contribution in [0, 0.1) is 5.92 Å². The van der Waals surface area contributed by atoms with Crippen LogP contribution >= 0.6 is 0 Å². The maximum absolute atomic E-state index is 9.06. The first-order chi connectivity index (χ1) is 5.88. The average Bonchev–Trinajstić information content (AvgIpc) is 2.15. The van der Waals surface area contributed by atoms with E-state index < -0.39 is 0 Å². The van der Waals surface area contributed by atoms with Gasteiger partial charge in [0.05, 0.1) is 6.61 Å². The Labute approximate surface area is 73.8 Å². The predicted molar refractivity (Wildman–Crippen MR) is 47.9 cm³/mol. The molecular formula is C9H19NO2. The molecule has 1 rings (SSSR count). The monoisotopic (exact) mass is 173 g/mol. The highest BCUT2D eigenvalue weighted by molar-refractivity contribution is 4.80. The second-order valence-electron chi connectivity index (χ2n) is 3.51. The Morgan fingerprint density at radius 2 is 1.92 bits per heavy atom. The quantitative estimate of drug-likeness (QED) is 0.566. The molecule has 2 atom stereocenters. The highest BCUT2D eigenvalue weighted by Gasteiger charge is 2.23. The van der Waals surface area contributed by atoms with Crippen molar-refractivity contribution in [3.05, 3.63) is 0 Å². The maximum atomic E-state index is 9.06. The van der Waals surface area contributed by atoms with Gasteiger partial charge in [0, 0.05) is 19.2 Å². The van der Waals surface area contributed by atoms with Crippen LogP contribution < -0.4 is 5.32 Å². The molecule has 1 saturated carbocycles.